The van der Waals surface area contributed by atoms with E-state index < -0.39 is 17.9 Å². The Balaban J connectivity index is 1.74. The number of thiazole rings is 1. The summed E-state index contributed by atoms with van der Waals surface area (Å²) in [5.41, 5.74) is 2.29. The number of carboxylic acid groups (broad SMARTS) is 1. The maximum absolute atomic E-state index is 12.4. The Morgan fingerprint density at radius 2 is 2.17 bits per heavy atom. The number of piperidine rings is 1. The second kappa shape index (κ2) is 7.35. The van der Waals surface area contributed by atoms with E-state index in [0.717, 1.165) is 0 Å². The number of nitrogens with one attached hydrogen (secondary N) is 1. The van der Waals surface area contributed by atoms with Crippen LogP contribution in [0.2, 0.25) is 0 Å². The average Bonchev–Trinajstić information content (AvgIpc) is 3.11. The van der Waals surface area contributed by atoms with Crippen LogP contribution in [0.25, 0.3) is 0 Å². The Hall–Kier alpha value is -2.55. The molecule has 0 bridgehead atoms. The van der Waals surface area contributed by atoms with Crippen LogP contribution in [0.4, 0.5) is 5.95 Å². The van der Waals surface area contributed by atoms with Crippen LogP contribution in [0, 0.1) is 5.92 Å². The number of likely N-dealkylation sites (tertiary alicyclic amines) is 1. The molecule has 0 aromatic carbocycles. The number of nitrogens with zero attached hydrogens (tertiary/aromatic N) is 4. The number of hydrogen-bond acceptors (Lipinski definition) is 7. The van der Waals surface area contributed by atoms with Crippen molar-refractivity contribution in [2.45, 2.75) is 18.9 Å². The van der Waals surface area contributed by atoms with Gasteiger partial charge >= 0.3 is 5.97 Å². The summed E-state index contributed by atoms with van der Waals surface area (Å²) in [6, 6.07) is 1.18. The fourth-order valence-electron chi connectivity index (χ4n) is 2.89. The van der Waals surface area contributed by atoms with E-state index in [0.29, 0.717) is 31.2 Å². The molecule has 1 fully saturated rings. The first-order valence-corrected chi connectivity index (χ1v) is 8.52. The lowest BCUT2D eigenvalue weighted by molar-refractivity contribution is -0.152. The van der Waals surface area contributed by atoms with Gasteiger partial charge in [0.2, 0.25) is 11.9 Å². The maximum atomic E-state index is 12.4. The van der Waals surface area contributed by atoms with Gasteiger partial charge in [-0.2, -0.15) is 0 Å². The van der Waals surface area contributed by atoms with Crippen molar-refractivity contribution in [3.05, 3.63) is 35.0 Å². The first kappa shape index (κ1) is 16.3. The maximum Gasteiger partial charge on any atom is 0.309 e. The summed E-state index contributed by atoms with van der Waals surface area (Å²) < 4.78 is 0. The summed E-state index contributed by atoms with van der Waals surface area (Å²) in [6.07, 6.45) is 3.82. The van der Waals surface area contributed by atoms with Crippen LogP contribution in [-0.4, -0.2) is 49.9 Å². The number of carbonyl (C=O) groups excluding carboxylic acids is 1. The fourth-order valence-corrected chi connectivity index (χ4v) is 3.47. The molecular formula is C15H17N5O3S. The van der Waals surface area contributed by atoms with Crippen LogP contribution >= 0.6 is 11.3 Å². The predicted octanol–water partition coefficient (Wildman–Crippen LogP) is 1.41. The molecule has 0 unspecified atom stereocenters. The Morgan fingerprint density at radius 1 is 1.38 bits per heavy atom. The van der Waals surface area contributed by atoms with Gasteiger partial charge < -0.3 is 15.3 Å². The van der Waals surface area contributed by atoms with Crippen molar-refractivity contribution in [3.8, 4) is 0 Å². The standard InChI is InChI=1S/C15H17N5O3S/c21-12-3-2-10(14(22)23)13(11-8-24-9-19-11)20(12)7-6-18-15-16-4-1-5-17-15/h1,4-5,8-10,13H,2-3,6-7H2,(H,22,23)(H,16,17,18)/t10-,13-/m1/s1. The number of carboxylic acids is 1. The summed E-state index contributed by atoms with van der Waals surface area (Å²) in [5, 5.41) is 14.4. The van der Waals surface area contributed by atoms with Crippen molar-refractivity contribution < 1.29 is 14.7 Å². The van der Waals surface area contributed by atoms with Gasteiger partial charge in [0.25, 0.3) is 0 Å². The minimum absolute atomic E-state index is 0.0544. The highest BCUT2D eigenvalue weighted by Crippen LogP contribution is 2.36. The van der Waals surface area contributed by atoms with E-state index in [-0.39, 0.29) is 12.3 Å². The predicted molar refractivity (Wildman–Crippen MR) is 87.4 cm³/mol. The van der Waals surface area contributed by atoms with Gasteiger partial charge in [-0.05, 0) is 12.5 Å². The van der Waals surface area contributed by atoms with Crippen LogP contribution in [0.3, 0.4) is 0 Å². The highest BCUT2D eigenvalue weighted by Gasteiger charge is 2.41. The SMILES string of the molecule is O=C(O)[C@@H]1CCC(=O)N(CCNc2ncccn2)[C@H]1c1cscn1. The third kappa shape index (κ3) is 3.51. The van der Waals surface area contributed by atoms with E-state index >= 15 is 0 Å². The van der Waals surface area contributed by atoms with Gasteiger partial charge in [0.05, 0.1) is 23.2 Å². The lowest BCUT2D eigenvalue weighted by Crippen LogP contribution is -2.47. The van der Waals surface area contributed by atoms with E-state index in [1.807, 2.05) is 0 Å². The molecule has 0 saturated carbocycles. The zero-order valence-corrected chi connectivity index (χ0v) is 13.6. The van der Waals surface area contributed by atoms with Crippen LogP contribution in [-0.2, 0) is 9.59 Å². The normalized spacial score (nSPS) is 20.8. The van der Waals surface area contributed by atoms with E-state index in [1.54, 1.807) is 34.3 Å². The molecule has 0 aliphatic carbocycles. The molecule has 9 heteroatoms. The second-order valence-electron chi connectivity index (χ2n) is 5.43. The summed E-state index contributed by atoms with van der Waals surface area (Å²) >= 11 is 1.39. The van der Waals surface area contributed by atoms with Gasteiger partial charge in [0, 0.05) is 37.3 Å². The van der Waals surface area contributed by atoms with E-state index in [1.165, 1.54) is 11.3 Å². The molecule has 0 radical (unpaired) electrons. The number of aliphatic carboxylic acids is 1. The first-order valence-electron chi connectivity index (χ1n) is 7.58. The number of aromatic nitrogens is 3. The Labute approximate surface area is 142 Å². The Bertz CT molecular complexity index is 694. The van der Waals surface area contributed by atoms with E-state index in [9.17, 15) is 14.7 Å². The third-order valence-corrected chi connectivity index (χ3v) is 4.58. The summed E-state index contributed by atoms with van der Waals surface area (Å²) in [7, 11) is 0. The number of amides is 1. The first-order chi connectivity index (χ1) is 11.7. The third-order valence-electron chi connectivity index (χ3n) is 3.98. The van der Waals surface area contributed by atoms with Crippen molar-refractivity contribution in [3.63, 3.8) is 0 Å². The highest BCUT2D eigenvalue weighted by molar-refractivity contribution is 7.07. The van der Waals surface area contributed by atoms with Gasteiger partial charge in [0.15, 0.2) is 0 Å². The largest absolute Gasteiger partial charge is 0.481 e. The van der Waals surface area contributed by atoms with Crippen molar-refractivity contribution in [1.82, 2.24) is 19.9 Å². The monoisotopic (exact) mass is 347 g/mol. The van der Waals surface area contributed by atoms with E-state index in [2.05, 4.69) is 20.3 Å². The summed E-state index contributed by atoms with van der Waals surface area (Å²) in [6.45, 7) is 0.797. The van der Waals surface area contributed by atoms with Gasteiger partial charge in [-0.3, -0.25) is 9.59 Å². The molecule has 24 heavy (non-hydrogen) atoms. The molecule has 2 aromatic rings. The molecule has 2 N–H and O–H groups in total. The number of anilines is 1. The van der Waals surface area contributed by atoms with E-state index in [4.69, 9.17) is 0 Å². The summed E-state index contributed by atoms with van der Waals surface area (Å²) in [5.74, 6) is -1.12. The Kier molecular flexibility index (Phi) is 4.99. The number of hydrogen-bond donors (Lipinski definition) is 2. The van der Waals surface area contributed by atoms with Gasteiger partial charge in [-0.15, -0.1) is 11.3 Å². The quantitative estimate of drug-likeness (QED) is 0.813. The smallest absolute Gasteiger partial charge is 0.309 e. The highest BCUT2D eigenvalue weighted by atomic mass is 32.1. The minimum atomic E-state index is -0.898. The average molecular weight is 347 g/mol. The fraction of sp³-hybridized carbons (Fsp3) is 0.400. The van der Waals surface area contributed by atoms with Crippen LogP contribution < -0.4 is 5.32 Å². The molecule has 3 heterocycles. The Morgan fingerprint density at radius 3 is 2.83 bits per heavy atom. The van der Waals surface area contributed by atoms with Crippen LogP contribution in [0.15, 0.2) is 29.4 Å². The minimum Gasteiger partial charge on any atom is -0.481 e. The van der Waals surface area contributed by atoms with Crippen LogP contribution in [0.5, 0.6) is 0 Å². The molecule has 2 atom stereocenters. The number of rotatable bonds is 6. The molecule has 8 nitrogen and oxygen atoms in total. The van der Waals surface area contributed by atoms with Crippen molar-refractivity contribution in [2.24, 2.45) is 5.92 Å². The second-order valence-corrected chi connectivity index (χ2v) is 6.15. The molecule has 0 spiro atoms. The molecule has 1 amide bonds. The molecule has 1 aliphatic rings. The molecule has 3 rings (SSSR count). The zero-order valence-electron chi connectivity index (χ0n) is 12.8. The van der Waals surface area contributed by atoms with Crippen molar-refractivity contribution in [2.75, 3.05) is 18.4 Å². The number of carbonyl (C=O) groups is 2. The van der Waals surface area contributed by atoms with Gasteiger partial charge in [-0.25, -0.2) is 15.0 Å². The molecular weight excluding hydrogens is 330 g/mol. The van der Waals surface area contributed by atoms with Gasteiger partial charge in [-0.1, -0.05) is 0 Å². The van der Waals surface area contributed by atoms with Crippen LogP contribution in [0.1, 0.15) is 24.6 Å². The lowest BCUT2D eigenvalue weighted by Gasteiger charge is -2.38. The van der Waals surface area contributed by atoms with Gasteiger partial charge in [0.1, 0.15) is 0 Å². The zero-order chi connectivity index (χ0) is 16.9. The lowest BCUT2D eigenvalue weighted by atomic mass is 9.87. The van der Waals surface area contributed by atoms with Crippen molar-refractivity contribution in [1.29, 1.82) is 0 Å². The topological polar surface area (TPSA) is 108 Å². The summed E-state index contributed by atoms with van der Waals surface area (Å²) in [4.78, 5) is 37.9. The molecule has 1 saturated heterocycles. The molecule has 1 aliphatic heterocycles. The molecule has 126 valence electrons. The van der Waals surface area contributed by atoms with Crippen molar-refractivity contribution >= 4 is 29.2 Å². The molecule has 2 aromatic heterocycles.